The van der Waals surface area contributed by atoms with E-state index in [9.17, 15) is 13.2 Å². The van der Waals surface area contributed by atoms with Gasteiger partial charge in [-0.15, -0.1) is 0 Å². The van der Waals surface area contributed by atoms with Crippen molar-refractivity contribution in [3.63, 3.8) is 0 Å². The maximum absolute atomic E-state index is 13.3. The number of alkyl halides is 3. The molecule has 0 bridgehead atoms. The van der Waals surface area contributed by atoms with Gasteiger partial charge in [0.15, 0.2) is 0 Å². The lowest BCUT2D eigenvalue weighted by Crippen LogP contribution is -2.06. The molecule has 0 spiro atoms. The number of thioether (sulfide) groups is 1. The predicted octanol–water partition coefficient (Wildman–Crippen LogP) is 6.41. The van der Waals surface area contributed by atoms with Crippen LogP contribution in [0, 0.1) is 5.92 Å². The zero-order chi connectivity index (χ0) is 18.9. The van der Waals surface area contributed by atoms with Crippen molar-refractivity contribution in [1.29, 1.82) is 0 Å². The Morgan fingerprint density at radius 1 is 1.07 bits per heavy atom. The smallest absolute Gasteiger partial charge is 0.338 e. The zero-order valence-electron chi connectivity index (χ0n) is 14.6. The molecule has 140 valence electrons. The summed E-state index contributed by atoms with van der Waals surface area (Å²) in [4.78, 5) is 7.75. The number of rotatable bonds is 3. The van der Waals surface area contributed by atoms with Crippen LogP contribution in [0.3, 0.4) is 0 Å². The Morgan fingerprint density at radius 2 is 1.85 bits per heavy atom. The summed E-state index contributed by atoms with van der Waals surface area (Å²) in [6.07, 6.45) is 2.16. The van der Waals surface area contributed by atoms with E-state index in [0.717, 1.165) is 22.9 Å². The van der Waals surface area contributed by atoms with Crippen LogP contribution in [0.15, 0.2) is 48.5 Å². The molecule has 0 saturated carbocycles. The second-order valence-corrected chi connectivity index (χ2v) is 7.93. The minimum Gasteiger partial charge on any atom is -0.338 e. The highest BCUT2D eigenvalue weighted by molar-refractivity contribution is 7.99. The summed E-state index contributed by atoms with van der Waals surface area (Å²) in [6.45, 7) is 0. The van der Waals surface area contributed by atoms with Crippen molar-refractivity contribution < 1.29 is 13.2 Å². The molecular weight excluding hydrogens is 369 g/mol. The molecule has 1 aromatic heterocycles. The van der Waals surface area contributed by atoms with E-state index in [1.807, 2.05) is 17.8 Å². The lowest BCUT2D eigenvalue weighted by molar-refractivity contribution is -0.137. The summed E-state index contributed by atoms with van der Waals surface area (Å²) >= 11 is 1.99. The molecule has 1 saturated heterocycles. The first-order chi connectivity index (χ1) is 13.0. The van der Waals surface area contributed by atoms with E-state index >= 15 is 0 Å². The van der Waals surface area contributed by atoms with Gasteiger partial charge in [-0.1, -0.05) is 30.3 Å². The van der Waals surface area contributed by atoms with Gasteiger partial charge in [-0.2, -0.15) is 24.9 Å². The summed E-state index contributed by atoms with van der Waals surface area (Å²) in [6, 6.07) is 10.8. The summed E-state index contributed by atoms with van der Waals surface area (Å²) in [7, 11) is 0. The Morgan fingerprint density at radius 3 is 2.63 bits per heavy atom. The molecule has 1 aliphatic heterocycles. The van der Waals surface area contributed by atoms with Gasteiger partial charge in [-0.3, -0.25) is 0 Å². The van der Waals surface area contributed by atoms with E-state index in [-0.39, 0.29) is 5.56 Å². The Labute approximate surface area is 159 Å². The molecule has 0 radical (unpaired) electrons. The van der Waals surface area contributed by atoms with Gasteiger partial charge >= 0.3 is 6.18 Å². The van der Waals surface area contributed by atoms with Crippen LogP contribution in [0.1, 0.15) is 24.2 Å². The molecule has 1 N–H and O–H groups in total. The first-order valence-electron chi connectivity index (χ1n) is 8.93. The second kappa shape index (κ2) is 7.43. The fourth-order valence-electron chi connectivity index (χ4n) is 3.39. The minimum atomic E-state index is -4.38. The molecule has 27 heavy (non-hydrogen) atoms. The molecule has 3 aromatic rings. The zero-order valence-corrected chi connectivity index (χ0v) is 15.4. The molecule has 0 unspecified atom stereocenters. The maximum Gasteiger partial charge on any atom is 0.417 e. The average Bonchev–Trinajstić information content (AvgIpc) is 3.08. The molecule has 0 atom stereocenters. The second-order valence-electron chi connectivity index (χ2n) is 6.71. The maximum atomic E-state index is 13.3. The quantitative estimate of drug-likeness (QED) is 0.562. The molecule has 2 aromatic carbocycles. The van der Waals surface area contributed by atoms with Gasteiger partial charge in [0.25, 0.3) is 0 Å². The van der Waals surface area contributed by atoms with Gasteiger partial charge in [-0.25, -0.2) is 4.98 Å². The lowest BCUT2D eigenvalue weighted by Gasteiger charge is -2.17. The van der Waals surface area contributed by atoms with Gasteiger partial charge in [0.1, 0.15) is 5.82 Å². The van der Waals surface area contributed by atoms with Crippen LogP contribution in [-0.4, -0.2) is 21.5 Å². The first-order valence-corrected chi connectivity index (χ1v) is 10.1. The highest BCUT2D eigenvalue weighted by Gasteiger charge is 2.33. The number of H-pyrrole nitrogens is 1. The van der Waals surface area contributed by atoms with Gasteiger partial charge in [-0.05, 0) is 65.7 Å². The van der Waals surface area contributed by atoms with E-state index < -0.39 is 11.7 Å². The molecule has 4 rings (SSSR count). The summed E-state index contributed by atoms with van der Waals surface area (Å²) < 4.78 is 39.9. The van der Waals surface area contributed by atoms with Crippen LogP contribution in [0.2, 0.25) is 0 Å². The van der Waals surface area contributed by atoms with E-state index in [1.54, 1.807) is 24.3 Å². The van der Waals surface area contributed by atoms with Crippen molar-refractivity contribution in [3.8, 4) is 11.1 Å². The highest BCUT2D eigenvalue weighted by atomic mass is 32.2. The van der Waals surface area contributed by atoms with E-state index in [2.05, 4.69) is 16.0 Å². The van der Waals surface area contributed by atoms with Gasteiger partial charge in [0, 0.05) is 0 Å². The number of benzene rings is 2. The lowest BCUT2D eigenvalue weighted by atomic mass is 9.99. The van der Waals surface area contributed by atoms with Crippen molar-refractivity contribution in [2.24, 2.45) is 5.92 Å². The Kier molecular flexibility index (Phi) is 5.00. The predicted molar refractivity (Wildman–Crippen MR) is 106 cm³/mol. The van der Waals surface area contributed by atoms with Crippen molar-refractivity contribution in [3.05, 3.63) is 59.9 Å². The van der Waals surface area contributed by atoms with Gasteiger partial charge in [0.2, 0.25) is 0 Å². The number of aromatic nitrogens is 2. The number of halogens is 3. The van der Waals surface area contributed by atoms with Gasteiger partial charge in [0.05, 0.1) is 16.6 Å². The molecule has 1 fully saturated rings. The number of nitrogens with zero attached hydrogens (tertiary/aromatic N) is 1. The number of aromatic amines is 1. The molecule has 0 aliphatic carbocycles. The standard InChI is InChI=1S/C21H19F3N2S/c22-21(23,24)17-4-2-1-3-16(17)15-6-7-18-19(13-15)26-20(25-18)8-5-14-9-11-27-12-10-14/h1-8,13-14H,9-12H2,(H,25,26)/b8-5+. The van der Waals surface area contributed by atoms with E-state index in [4.69, 9.17) is 0 Å². The Bertz CT molecular complexity index is 969. The van der Waals surface area contributed by atoms with Crippen LogP contribution in [-0.2, 0) is 6.18 Å². The first kappa shape index (κ1) is 18.2. The van der Waals surface area contributed by atoms with Crippen LogP contribution in [0.5, 0.6) is 0 Å². The third kappa shape index (κ3) is 4.05. The number of imidazole rings is 1. The number of allylic oxidation sites excluding steroid dienone is 1. The van der Waals surface area contributed by atoms with Crippen LogP contribution < -0.4 is 0 Å². The third-order valence-electron chi connectivity index (χ3n) is 4.84. The van der Waals surface area contributed by atoms with Gasteiger partial charge < -0.3 is 4.98 Å². The molecule has 2 heterocycles. The average molecular weight is 388 g/mol. The minimum absolute atomic E-state index is 0.179. The SMILES string of the molecule is FC(F)(F)c1ccccc1-c1ccc2nc(/C=C/C3CCSCC3)[nH]c2c1. The van der Waals surface area contributed by atoms with E-state index in [0.29, 0.717) is 11.5 Å². The molecule has 1 aliphatic rings. The summed E-state index contributed by atoms with van der Waals surface area (Å²) in [5.41, 5.74) is 1.57. The van der Waals surface area contributed by atoms with Crippen molar-refractivity contribution in [2.75, 3.05) is 11.5 Å². The molecule has 6 heteroatoms. The number of hydrogen-bond acceptors (Lipinski definition) is 2. The van der Waals surface area contributed by atoms with Crippen molar-refractivity contribution in [1.82, 2.24) is 9.97 Å². The number of nitrogens with one attached hydrogen (secondary N) is 1. The largest absolute Gasteiger partial charge is 0.417 e. The van der Waals surface area contributed by atoms with Crippen LogP contribution in [0.25, 0.3) is 28.2 Å². The Balaban J connectivity index is 1.65. The number of hydrogen-bond donors (Lipinski definition) is 1. The normalized spacial score (nSPS) is 16.4. The molecule has 2 nitrogen and oxygen atoms in total. The molecular formula is C21H19F3N2S. The fraction of sp³-hybridized carbons (Fsp3) is 0.286. The van der Waals surface area contributed by atoms with E-state index in [1.165, 1.54) is 36.5 Å². The summed E-state index contributed by atoms with van der Waals surface area (Å²) in [5, 5.41) is 0. The van der Waals surface area contributed by atoms with Crippen molar-refractivity contribution in [2.45, 2.75) is 19.0 Å². The highest BCUT2D eigenvalue weighted by Crippen LogP contribution is 2.37. The van der Waals surface area contributed by atoms with Crippen molar-refractivity contribution >= 4 is 28.9 Å². The van der Waals surface area contributed by atoms with Crippen LogP contribution >= 0.6 is 11.8 Å². The molecule has 0 amide bonds. The topological polar surface area (TPSA) is 28.7 Å². The number of fused-ring (bicyclic) bond motifs is 1. The van der Waals surface area contributed by atoms with Crippen LogP contribution in [0.4, 0.5) is 13.2 Å². The monoisotopic (exact) mass is 388 g/mol. The fourth-order valence-corrected chi connectivity index (χ4v) is 4.54. The summed E-state index contributed by atoms with van der Waals surface area (Å²) in [5.74, 6) is 3.70. The Hall–Kier alpha value is -2.21. The third-order valence-corrected chi connectivity index (χ3v) is 5.88.